The van der Waals surface area contributed by atoms with Crippen molar-refractivity contribution in [1.82, 2.24) is 0 Å². The summed E-state index contributed by atoms with van der Waals surface area (Å²) in [6.07, 6.45) is 0.564. The normalized spacial score (nSPS) is 15.2. The lowest BCUT2D eigenvalue weighted by Gasteiger charge is -2.32. The van der Waals surface area contributed by atoms with E-state index in [4.69, 9.17) is 17.3 Å². The van der Waals surface area contributed by atoms with Crippen LogP contribution in [0, 0.1) is 6.92 Å². The maximum Gasteiger partial charge on any atom is 0.166 e. The summed E-state index contributed by atoms with van der Waals surface area (Å²) in [7, 11) is 0. The van der Waals surface area contributed by atoms with Gasteiger partial charge in [-0.15, -0.1) is 0 Å². The molecule has 0 amide bonds. The molecule has 0 saturated heterocycles. The molecule has 0 atom stereocenters. The van der Waals surface area contributed by atoms with E-state index < -0.39 is 0 Å². The first-order valence-electron chi connectivity index (χ1n) is 5.42. The predicted octanol–water partition coefficient (Wildman–Crippen LogP) is 2.00. The Labute approximate surface area is 100 Å². The van der Waals surface area contributed by atoms with Gasteiger partial charge < -0.3 is 10.6 Å². The molecule has 1 aliphatic heterocycles. The number of anilines is 1. The number of rotatable bonds is 2. The molecule has 0 aliphatic carbocycles. The second-order valence-corrected chi connectivity index (χ2v) is 4.42. The zero-order valence-electron chi connectivity index (χ0n) is 9.29. The number of fused-ring (bicyclic) bond motifs is 1. The van der Waals surface area contributed by atoms with E-state index in [9.17, 15) is 4.79 Å². The molecule has 86 valence electrons. The van der Waals surface area contributed by atoms with Crippen LogP contribution in [0.5, 0.6) is 0 Å². The highest BCUT2D eigenvalue weighted by Crippen LogP contribution is 2.34. The number of carbonyl (C=O) groups is 1. The molecule has 0 spiro atoms. The standard InChI is InChI=1S/C12H15ClN2O/c1-8-10(13)3-2-9-11(16)4-6-15(7-5-14)12(8)9/h2-3H,4-7,14H2,1H3. The van der Waals surface area contributed by atoms with Crippen molar-refractivity contribution in [3.05, 3.63) is 28.3 Å². The average molecular weight is 239 g/mol. The predicted molar refractivity (Wildman–Crippen MR) is 66.4 cm³/mol. The molecule has 0 fully saturated rings. The van der Waals surface area contributed by atoms with E-state index in [1.165, 1.54) is 0 Å². The molecular formula is C12H15ClN2O. The van der Waals surface area contributed by atoms with Gasteiger partial charge in [-0.2, -0.15) is 0 Å². The highest BCUT2D eigenvalue weighted by Gasteiger charge is 2.24. The Morgan fingerprint density at radius 3 is 2.94 bits per heavy atom. The number of hydrogen-bond donors (Lipinski definition) is 1. The molecule has 0 aromatic heterocycles. The molecule has 1 aliphatic rings. The minimum absolute atomic E-state index is 0.197. The fraction of sp³-hybridized carbons (Fsp3) is 0.417. The zero-order valence-corrected chi connectivity index (χ0v) is 10.0. The maximum absolute atomic E-state index is 11.8. The Morgan fingerprint density at radius 2 is 2.25 bits per heavy atom. The zero-order chi connectivity index (χ0) is 11.7. The lowest BCUT2D eigenvalue weighted by atomic mass is 9.97. The van der Waals surface area contributed by atoms with Crippen molar-refractivity contribution in [2.24, 2.45) is 5.73 Å². The van der Waals surface area contributed by atoms with Gasteiger partial charge in [0, 0.05) is 36.6 Å². The van der Waals surface area contributed by atoms with Gasteiger partial charge in [0.25, 0.3) is 0 Å². The average Bonchev–Trinajstić information content (AvgIpc) is 2.27. The van der Waals surface area contributed by atoms with Crippen LogP contribution in [-0.4, -0.2) is 25.4 Å². The summed E-state index contributed by atoms with van der Waals surface area (Å²) in [6, 6.07) is 3.61. The van der Waals surface area contributed by atoms with Crippen LogP contribution >= 0.6 is 11.6 Å². The first-order chi connectivity index (χ1) is 7.65. The van der Waals surface area contributed by atoms with Crippen molar-refractivity contribution in [2.45, 2.75) is 13.3 Å². The Balaban J connectivity index is 2.53. The summed E-state index contributed by atoms with van der Waals surface area (Å²) < 4.78 is 0. The van der Waals surface area contributed by atoms with Crippen LogP contribution in [-0.2, 0) is 0 Å². The van der Waals surface area contributed by atoms with Crippen molar-refractivity contribution < 1.29 is 4.79 Å². The Morgan fingerprint density at radius 1 is 1.50 bits per heavy atom. The lowest BCUT2D eigenvalue weighted by Crippen LogP contribution is -2.36. The number of Topliss-reactive ketones (excluding diaryl/α,β-unsaturated/α-hetero) is 1. The van der Waals surface area contributed by atoms with Gasteiger partial charge in [-0.1, -0.05) is 11.6 Å². The molecule has 0 unspecified atom stereocenters. The lowest BCUT2D eigenvalue weighted by molar-refractivity contribution is 0.0980. The molecule has 0 bridgehead atoms. The van der Waals surface area contributed by atoms with Gasteiger partial charge in [-0.25, -0.2) is 0 Å². The monoisotopic (exact) mass is 238 g/mol. The summed E-state index contributed by atoms with van der Waals surface area (Å²) in [4.78, 5) is 13.9. The Bertz CT molecular complexity index is 431. The van der Waals surface area contributed by atoms with Crippen LogP contribution in [0.2, 0.25) is 5.02 Å². The third-order valence-corrected chi connectivity index (χ3v) is 3.40. The largest absolute Gasteiger partial charge is 0.369 e. The van der Waals surface area contributed by atoms with Gasteiger partial charge >= 0.3 is 0 Å². The SMILES string of the molecule is Cc1c(Cl)ccc2c1N(CCN)CCC2=O. The number of halogens is 1. The summed E-state index contributed by atoms with van der Waals surface area (Å²) in [5, 5.41) is 0.704. The second kappa shape index (κ2) is 4.44. The topological polar surface area (TPSA) is 46.3 Å². The van der Waals surface area contributed by atoms with Gasteiger partial charge in [0.05, 0.1) is 5.69 Å². The fourth-order valence-electron chi connectivity index (χ4n) is 2.17. The third-order valence-electron chi connectivity index (χ3n) is 2.99. The van der Waals surface area contributed by atoms with E-state index in [0.29, 0.717) is 18.0 Å². The molecule has 4 heteroatoms. The van der Waals surface area contributed by atoms with Crippen LogP contribution in [0.3, 0.4) is 0 Å². The highest BCUT2D eigenvalue weighted by atomic mass is 35.5. The first kappa shape index (κ1) is 11.4. The van der Waals surface area contributed by atoms with Crippen molar-refractivity contribution in [1.29, 1.82) is 0 Å². The van der Waals surface area contributed by atoms with Crippen LogP contribution in [0.4, 0.5) is 5.69 Å². The molecule has 2 N–H and O–H groups in total. The number of ketones is 1. The highest BCUT2D eigenvalue weighted by molar-refractivity contribution is 6.32. The van der Waals surface area contributed by atoms with Crippen LogP contribution < -0.4 is 10.6 Å². The van der Waals surface area contributed by atoms with Gasteiger partial charge in [0.2, 0.25) is 0 Å². The molecule has 2 rings (SSSR count). The van der Waals surface area contributed by atoms with Crippen molar-refractivity contribution >= 4 is 23.1 Å². The molecule has 3 nitrogen and oxygen atoms in total. The van der Waals surface area contributed by atoms with E-state index in [1.807, 2.05) is 13.0 Å². The number of nitrogens with zero attached hydrogens (tertiary/aromatic N) is 1. The van der Waals surface area contributed by atoms with Crippen molar-refractivity contribution in [3.63, 3.8) is 0 Å². The van der Waals surface area contributed by atoms with Gasteiger partial charge in [-0.3, -0.25) is 4.79 Å². The van der Waals surface area contributed by atoms with Crippen molar-refractivity contribution in [3.8, 4) is 0 Å². The van der Waals surface area contributed by atoms with E-state index in [-0.39, 0.29) is 5.78 Å². The molecule has 1 aromatic carbocycles. The molecule has 0 radical (unpaired) electrons. The van der Waals surface area contributed by atoms with Gasteiger partial charge in [-0.05, 0) is 24.6 Å². The fourth-order valence-corrected chi connectivity index (χ4v) is 2.32. The minimum Gasteiger partial charge on any atom is -0.369 e. The summed E-state index contributed by atoms with van der Waals surface area (Å²) >= 11 is 6.09. The number of benzene rings is 1. The molecule has 1 heterocycles. The summed E-state index contributed by atoms with van der Waals surface area (Å²) in [5.41, 5.74) is 8.30. The molecule has 16 heavy (non-hydrogen) atoms. The van der Waals surface area contributed by atoms with Crippen molar-refractivity contribution in [2.75, 3.05) is 24.5 Å². The van der Waals surface area contributed by atoms with E-state index >= 15 is 0 Å². The Kier molecular flexibility index (Phi) is 3.17. The smallest absolute Gasteiger partial charge is 0.166 e. The summed E-state index contributed by atoms with van der Waals surface area (Å²) in [6.45, 7) is 4.04. The quantitative estimate of drug-likeness (QED) is 0.857. The molecule has 0 saturated carbocycles. The first-order valence-corrected chi connectivity index (χ1v) is 5.80. The van der Waals surface area contributed by atoms with Crippen LogP contribution in [0.1, 0.15) is 22.3 Å². The maximum atomic E-state index is 11.8. The molecular weight excluding hydrogens is 224 g/mol. The van der Waals surface area contributed by atoms with Crippen LogP contribution in [0.15, 0.2) is 12.1 Å². The van der Waals surface area contributed by atoms with Crippen LogP contribution in [0.25, 0.3) is 0 Å². The molecule has 1 aromatic rings. The van der Waals surface area contributed by atoms with E-state index in [2.05, 4.69) is 4.90 Å². The van der Waals surface area contributed by atoms with E-state index in [1.54, 1.807) is 6.07 Å². The third kappa shape index (κ3) is 1.81. The minimum atomic E-state index is 0.197. The second-order valence-electron chi connectivity index (χ2n) is 4.02. The van der Waals surface area contributed by atoms with Gasteiger partial charge in [0.1, 0.15) is 0 Å². The van der Waals surface area contributed by atoms with E-state index in [0.717, 1.165) is 29.9 Å². The Hall–Kier alpha value is -1.06. The number of hydrogen-bond acceptors (Lipinski definition) is 3. The summed E-state index contributed by atoms with van der Waals surface area (Å²) in [5.74, 6) is 0.197. The number of carbonyl (C=O) groups excluding carboxylic acids is 1. The number of nitrogens with two attached hydrogens (primary N) is 1. The van der Waals surface area contributed by atoms with Gasteiger partial charge in [0.15, 0.2) is 5.78 Å².